The number of anilines is 1. The molecule has 10 nitrogen and oxygen atoms in total. The number of piperidine rings is 1. The average molecular weight is 511 g/mol. The lowest BCUT2D eigenvalue weighted by Crippen LogP contribution is -2.37. The van der Waals surface area contributed by atoms with Crippen LogP contribution < -0.4 is 15.9 Å². The molecule has 1 fully saturated rings. The summed E-state index contributed by atoms with van der Waals surface area (Å²) in [6, 6.07) is 18.0. The van der Waals surface area contributed by atoms with E-state index >= 15 is 0 Å². The second kappa shape index (κ2) is 9.77. The molecule has 38 heavy (non-hydrogen) atoms. The molecule has 6 rings (SSSR count). The summed E-state index contributed by atoms with van der Waals surface area (Å²) < 4.78 is 3.60. The number of nitrogens with one attached hydrogen (secondary N) is 2. The molecule has 1 aliphatic heterocycles. The van der Waals surface area contributed by atoms with Crippen LogP contribution in [-0.4, -0.2) is 54.6 Å². The van der Waals surface area contributed by atoms with Gasteiger partial charge in [-0.3, -0.25) is 9.36 Å². The summed E-state index contributed by atoms with van der Waals surface area (Å²) in [6.45, 7) is 4.03. The number of carbonyl (C=O) groups is 1. The monoisotopic (exact) mass is 510 g/mol. The minimum absolute atomic E-state index is 0.0731. The van der Waals surface area contributed by atoms with Crippen LogP contribution in [0.4, 0.5) is 5.82 Å². The number of hydrogen-bond donors (Lipinski definition) is 2. The third kappa shape index (κ3) is 4.21. The fraction of sp³-hybridized carbons (Fsp3) is 0.321. The number of para-hydroxylation sites is 2. The molecule has 0 radical (unpaired) electrons. The first-order valence-corrected chi connectivity index (χ1v) is 13.0. The van der Waals surface area contributed by atoms with E-state index in [9.17, 15) is 9.59 Å². The van der Waals surface area contributed by atoms with Gasteiger partial charge in [0.25, 0.3) is 5.91 Å². The highest BCUT2D eigenvalue weighted by molar-refractivity contribution is 5.96. The molecule has 0 aliphatic carbocycles. The molecule has 5 aromatic rings. The summed E-state index contributed by atoms with van der Waals surface area (Å²) in [5.41, 5.74) is 4.11. The molecule has 0 saturated carbocycles. The van der Waals surface area contributed by atoms with Crippen molar-refractivity contribution in [2.24, 2.45) is 7.05 Å². The molecule has 1 atom stereocenters. The zero-order chi connectivity index (χ0) is 26.2. The molecule has 0 bridgehead atoms. The summed E-state index contributed by atoms with van der Waals surface area (Å²) in [4.78, 5) is 44.5. The number of rotatable bonds is 6. The molecular weight excluding hydrogens is 480 g/mol. The standard InChI is InChI=1S/C28H30N8O2/c1-18(19-8-4-3-5-9-19)16-29-27(37)26-33-23-24(34(26)2)30-17-31-25(23)35-14-12-20(13-15-35)36-22-11-7-6-10-21(22)32-28(36)38/h3-11,17-18,20H,12-16H2,1-2H3,(H,29,37)(H,32,38). The Kier molecular flexibility index (Phi) is 6.15. The van der Waals surface area contributed by atoms with Crippen molar-refractivity contribution in [1.29, 1.82) is 0 Å². The largest absolute Gasteiger partial charge is 0.355 e. The Labute approximate surface area is 219 Å². The third-order valence-electron chi connectivity index (χ3n) is 7.53. The SMILES string of the molecule is CC(CNC(=O)c1nc2c(N3CCC(n4c(=O)[nH]c5ccccc54)CC3)ncnc2n1C)c1ccccc1. The smallest absolute Gasteiger partial charge is 0.326 e. The molecule has 10 heteroatoms. The first-order valence-electron chi connectivity index (χ1n) is 13.0. The van der Waals surface area contributed by atoms with E-state index in [1.54, 1.807) is 11.6 Å². The first kappa shape index (κ1) is 23.9. The van der Waals surface area contributed by atoms with Crippen LogP contribution in [0.5, 0.6) is 0 Å². The van der Waals surface area contributed by atoms with Crippen LogP contribution in [0.25, 0.3) is 22.2 Å². The van der Waals surface area contributed by atoms with E-state index in [2.05, 4.69) is 49.2 Å². The number of aromatic amines is 1. The topological polar surface area (TPSA) is 114 Å². The van der Waals surface area contributed by atoms with Crippen molar-refractivity contribution in [1.82, 2.24) is 34.4 Å². The second-order valence-electron chi connectivity index (χ2n) is 9.92. The Morgan fingerprint density at radius 2 is 1.82 bits per heavy atom. The Bertz CT molecular complexity index is 1660. The van der Waals surface area contributed by atoms with Crippen molar-refractivity contribution in [3.63, 3.8) is 0 Å². The second-order valence-corrected chi connectivity index (χ2v) is 9.92. The van der Waals surface area contributed by atoms with Crippen molar-refractivity contribution < 1.29 is 4.79 Å². The molecule has 1 saturated heterocycles. The van der Waals surface area contributed by atoms with Gasteiger partial charge in [0.1, 0.15) is 6.33 Å². The van der Waals surface area contributed by atoms with Crippen molar-refractivity contribution in [3.05, 3.63) is 82.8 Å². The van der Waals surface area contributed by atoms with Crippen molar-refractivity contribution >= 4 is 33.9 Å². The average Bonchev–Trinajstić information content (AvgIpc) is 3.48. The number of imidazole rings is 2. The van der Waals surface area contributed by atoms with Crippen LogP contribution in [0, 0.1) is 0 Å². The summed E-state index contributed by atoms with van der Waals surface area (Å²) >= 11 is 0. The van der Waals surface area contributed by atoms with E-state index in [1.165, 1.54) is 11.9 Å². The lowest BCUT2D eigenvalue weighted by atomic mass is 10.0. The maximum Gasteiger partial charge on any atom is 0.326 e. The van der Waals surface area contributed by atoms with Gasteiger partial charge in [0.15, 0.2) is 17.0 Å². The van der Waals surface area contributed by atoms with E-state index in [1.807, 2.05) is 47.0 Å². The van der Waals surface area contributed by atoms with Gasteiger partial charge in [-0.05, 0) is 36.5 Å². The summed E-state index contributed by atoms with van der Waals surface area (Å²) in [7, 11) is 1.80. The van der Waals surface area contributed by atoms with Gasteiger partial charge < -0.3 is 19.8 Å². The van der Waals surface area contributed by atoms with Gasteiger partial charge in [0.05, 0.1) is 11.0 Å². The van der Waals surface area contributed by atoms with Crippen LogP contribution in [0.3, 0.4) is 0 Å². The van der Waals surface area contributed by atoms with Gasteiger partial charge in [-0.15, -0.1) is 0 Å². The number of aryl methyl sites for hydroxylation is 1. The number of hydrogen-bond acceptors (Lipinski definition) is 6. The highest BCUT2D eigenvalue weighted by Gasteiger charge is 2.27. The van der Waals surface area contributed by atoms with Gasteiger partial charge in [0.2, 0.25) is 5.82 Å². The normalized spacial score (nSPS) is 15.3. The first-order chi connectivity index (χ1) is 18.5. The molecule has 2 aromatic carbocycles. The predicted molar refractivity (Wildman–Crippen MR) is 147 cm³/mol. The summed E-state index contributed by atoms with van der Waals surface area (Å²) in [5, 5.41) is 3.02. The number of benzene rings is 2. The van der Waals surface area contributed by atoms with Gasteiger partial charge in [-0.2, -0.15) is 0 Å². The Morgan fingerprint density at radius 1 is 1.08 bits per heavy atom. The lowest BCUT2D eigenvalue weighted by Gasteiger charge is -2.33. The molecular formula is C28H30N8O2. The van der Waals surface area contributed by atoms with E-state index in [-0.39, 0.29) is 23.6 Å². The Hall–Kier alpha value is -4.47. The van der Waals surface area contributed by atoms with Gasteiger partial charge in [0, 0.05) is 32.7 Å². The highest BCUT2D eigenvalue weighted by atomic mass is 16.2. The minimum Gasteiger partial charge on any atom is -0.355 e. The zero-order valence-electron chi connectivity index (χ0n) is 21.5. The fourth-order valence-corrected chi connectivity index (χ4v) is 5.42. The Balaban J connectivity index is 1.20. The van der Waals surface area contributed by atoms with Gasteiger partial charge in [-0.1, -0.05) is 49.4 Å². The number of carbonyl (C=O) groups excluding carboxylic acids is 1. The van der Waals surface area contributed by atoms with Crippen molar-refractivity contribution in [2.75, 3.05) is 24.5 Å². The van der Waals surface area contributed by atoms with Gasteiger partial charge in [-0.25, -0.2) is 19.7 Å². The molecule has 3 aromatic heterocycles. The summed E-state index contributed by atoms with van der Waals surface area (Å²) in [5.74, 6) is 0.960. The maximum atomic E-state index is 13.1. The van der Waals surface area contributed by atoms with E-state index in [0.29, 0.717) is 29.4 Å². The van der Waals surface area contributed by atoms with Crippen molar-refractivity contribution in [2.45, 2.75) is 31.7 Å². The lowest BCUT2D eigenvalue weighted by molar-refractivity contribution is 0.0938. The fourth-order valence-electron chi connectivity index (χ4n) is 5.42. The quantitative estimate of drug-likeness (QED) is 0.362. The van der Waals surface area contributed by atoms with Crippen molar-refractivity contribution in [3.8, 4) is 0 Å². The zero-order valence-corrected chi connectivity index (χ0v) is 21.5. The third-order valence-corrected chi connectivity index (χ3v) is 7.53. The number of amides is 1. The molecule has 2 N–H and O–H groups in total. The van der Waals surface area contributed by atoms with E-state index in [0.717, 1.165) is 37.0 Å². The van der Waals surface area contributed by atoms with Crippen LogP contribution in [-0.2, 0) is 7.05 Å². The van der Waals surface area contributed by atoms with Crippen LogP contribution >= 0.6 is 0 Å². The molecule has 4 heterocycles. The van der Waals surface area contributed by atoms with Crippen LogP contribution in [0.15, 0.2) is 65.7 Å². The predicted octanol–water partition coefficient (Wildman–Crippen LogP) is 3.38. The number of fused-ring (bicyclic) bond motifs is 2. The summed E-state index contributed by atoms with van der Waals surface area (Å²) in [6.07, 6.45) is 3.12. The maximum absolute atomic E-state index is 13.1. The van der Waals surface area contributed by atoms with E-state index < -0.39 is 0 Å². The van der Waals surface area contributed by atoms with Crippen LogP contribution in [0.1, 0.15) is 47.9 Å². The Morgan fingerprint density at radius 3 is 2.61 bits per heavy atom. The molecule has 1 amide bonds. The number of aromatic nitrogens is 6. The number of nitrogens with zero attached hydrogens (tertiary/aromatic N) is 6. The van der Waals surface area contributed by atoms with Crippen LogP contribution in [0.2, 0.25) is 0 Å². The molecule has 0 spiro atoms. The van der Waals surface area contributed by atoms with E-state index in [4.69, 9.17) is 0 Å². The van der Waals surface area contributed by atoms with Gasteiger partial charge >= 0.3 is 5.69 Å². The molecule has 194 valence electrons. The number of H-pyrrole nitrogens is 1. The minimum atomic E-state index is -0.239. The molecule has 1 aliphatic rings. The highest BCUT2D eigenvalue weighted by Crippen LogP contribution is 2.30. The molecule has 1 unspecified atom stereocenters.